The van der Waals surface area contributed by atoms with Crippen LogP contribution in [0.15, 0.2) is 54.6 Å². The van der Waals surface area contributed by atoms with E-state index < -0.39 is 0 Å². The first-order valence-corrected chi connectivity index (χ1v) is 9.52. The summed E-state index contributed by atoms with van der Waals surface area (Å²) >= 11 is 0. The number of ether oxygens (including phenoxy) is 3. The molecule has 1 saturated heterocycles. The van der Waals surface area contributed by atoms with Gasteiger partial charge in [-0.1, -0.05) is 42.5 Å². The van der Waals surface area contributed by atoms with Crippen molar-refractivity contribution in [1.82, 2.24) is 4.90 Å². The molecule has 1 amide bonds. The third-order valence-electron chi connectivity index (χ3n) is 4.92. The fraction of sp³-hybridized carbons (Fsp3) is 0.409. The van der Waals surface area contributed by atoms with E-state index in [9.17, 15) is 9.90 Å². The molecule has 1 fully saturated rings. The van der Waals surface area contributed by atoms with Gasteiger partial charge in [0.15, 0.2) is 0 Å². The minimum Gasteiger partial charge on any atom is -0.497 e. The minimum absolute atomic E-state index is 0.0261. The van der Waals surface area contributed by atoms with Crippen LogP contribution in [-0.4, -0.2) is 48.5 Å². The number of carbonyl (C=O) groups excluding carboxylic acids is 1. The first-order chi connectivity index (χ1) is 13.7. The number of rotatable bonds is 8. The van der Waals surface area contributed by atoms with Crippen molar-refractivity contribution in [3.05, 3.63) is 65.7 Å². The van der Waals surface area contributed by atoms with Gasteiger partial charge < -0.3 is 24.2 Å². The molecule has 2 aromatic carbocycles. The van der Waals surface area contributed by atoms with E-state index in [-0.39, 0.29) is 31.5 Å². The van der Waals surface area contributed by atoms with Gasteiger partial charge in [0.2, 0.25) is 0 Å². The summed E-state index contributed by atoms with van der Waals surface area (Å²) in [7, 11) is 1.64. The fourth-order valence-corrected chi connectivity index (χ4v) is 3.38. The average Bonchev–Trinajstić information content (AvgIpc) is 3.15. The van der Waals surface area contributed by atoms with Crippen LogP contribution in [0.1, 0.15) is 24.0 Å². The number of amides is 1. The Kier molecular flexibility index (Phi) is 7.28. The van der Waals surface area contributed by atoms with Crippen LogP contribution in [0.4, 0.5) is 4.79 Å². The normalized spacial score (nSPS) is 18.9. The molecule has 2 aromatic rings. The van der Waals surface area contributed by atoms with E-state index in [1.165, 1.54) is 0 Å². The predicted molar refractivity (Wildman–Crippen MR) is 105 cm³/mol. The largest absolute Gasteiger partial charge is 0.497 e. The summed E-state index contributed by atoms with van der Waals surface area (Å²) in [5.74, 6) is 0.806. The number of hydrogen-bond acceptors (Lipinski definition) is 5. The topological polar surface area (TPSA) is 68.2 Å². The van der Waals surface area contributed by atoms with Crippen LogP contribution in [0, 0.1) is 0 Å². The lowest BCUT2D eigenvalue weighted by molar-refractivity contribution is 0.0431. The Labute approximate surface area is 165 Å². The number of benzene rings is 2. The predicted octanol–water partition coefficient (Wildman–Crippen LogP) is 3.37. The molecule has 3 rings (SSSR count). The maximum absolute atomic E-state index is 12.5. The number of carbonyl (C=O) groups is 1. The standard InChI is InChI=1S/C22H27NO5/c1-26-20-9-7-18(8-10-20)15-27-21-13-19(11-12-24)23(14-21)22(25)28-16-17-5-3-2-4-6-17/h2-10,19,21,24H,11-16H2,1H3/t19-,21+/m0/s1. The Hall–Kier alpha value is -2.57. The highest BCUT2D eigenvalue weighted by Gasteiger charge is 2.36. The summed E-state index contributed by atoms with van der Waals surface area (Å²) in [4.78, 5) is 14.2. The molecule has 0 radical (unpaired) electrons. The molecular weight excluding hydrogens is 358 g/mol. The van der Waals surface area contributed by atoms with Crippen LogP contribution < -0.4 is 4.74 Å². The molecule has 0 aliphatic carbocycles. The number of methoxy groups -OCH3 is 1. The molecule has 1 aliphatic rings. The molecule has 0 bridgehead atoms. The van der Waals surface area contributed by atoms with Crippen LogP contribution in [0.2, 0.25) is 0 Å². The van der Waals surface area contributed by atoms with E-state index in [0.29, 0.717) is 26.0 Å². The molecule has 0 saturated carbocycles. The molecule has 6 heteroatoms. The van der Waals surface area contributed by atoms with Gasteiger partial charge in [0.1, 0.15) is 12.4 Å². The third kappa shape index (κ3) is 5.47. The Morgan fingerprint density at radius 2 is 1.79 bits per heavy atom. The molecule has 0 unspecified atom stereocenters. The molecule has 2 atom stereocenters. The molecule has 28 heavy (non-hydrogen) atoms. The van der Waals surface area contributed by atoms with E-state index in [1.54, 1.807) is 12.0 Å². The summed E-state index contributed by atoms with van der Waals surface area (Å²) in [5, 5.41) is 9.35. The third-order valence-corrected chi connectivity index (χ3v) is 4.92. The van der Waals surface area contributed by atoms with Crippen LogP contribution in [0.5, 0.6) is 5.75 Å². The van der Waals surface area contributed by atoms with Gasteiger partial charge in [-0.3, -0.25) is 0 Å². The van der Waals surface area contributed by atoms with Crippen molar-refractivity contribution >= 4 is 6.09 Å². The van der Waals surface area contributed by atoms with Gasteiger partial charge in [-0.25, -0.2) is 4.79 Å². The zero-order valence-electron chi connectivity index (χ0n) is 16.1. The number of hydrogen-bond donors (Lipinski definition) is 1. The van der Waals surface area contributed by atoms with E-state index in [2.05, 4.69) is 0 Å². The highest BCUT2D eigenvalue weighted by molar-refractivity contribution is 5.68. The Morgan fingerprint density at radius 3 is 2.46 bits per heavy atom. The summed E-state index contributed by atoms with van der Waals surface area (Å²) in [5.41, 5.74) is 1.99. The zero-order chi connectivity index (χ0) is 19.8. The Morgan fingerprint density at radius 1 is 1.07 bits per heavy atom. The van der Waals surface area contributed by atoms with Crippen molar-refractivity contribution in [2.75, 3.05) is 20.3 Å². The first-order valence-electron chi connectivity index (χ1n) is 9.52. The molecular formula is C22H27NO5. The Balaban J connectivity index is 1.52. The summed E-state index contributed by atoms with van der Waals surface area (Å²) < 4.78 is 16.6. The lowest BCUT2D eigenvalue weighted by Gasteiger charge is -2.23. The second-order valence-corrected chi connectivity index (χ2v) is 6.88. The van der Waals surface area contributed by atoms with E-state index in [0.717, 1.165) is 16.9 Å². The van der Waals surface area contributed by atoms with Crippen molar-refractivity contribution in [2.45, 2.75) is 38.2 Å². The quantitative estimate of drug-likeness (QED) is 0.755. The van der Waals surface area contributed by atoms with Crippen LogP contribution in [0.25, 0.3) is 0 Å². The number of nitrogens with zero attached hydrogens (tertiary/aromatic N) is 1. The second kappa shape index (κ2) is 10.1. The lowest BCUT2D eigenvalue weighted by Crippen LogP contribution is -2.37. The van der Waals surface area contributed by atoms with Crippen LogP contribution >= 0.6 is 0 Å². The lowest BCUT2D eigenvalue weighted by atomic mass is 10.1. The molecule has 1 heterocycles. The van der Waals surface area contributed by atoms with Crippen molar-refractivity contribution in [3.8, 4) is 5.75 Å². The van der Waals surface area contributed by atoms with Crippen LogP contribution in [0.3, 0.4) is 0 Å². The second-order valence-electron chi connectivity index (χ2n) is 6.88. The molecule has 1 aliphatic heterocycles. The van der Waals surface area contributed by atoms with E-state index in [1.807, 2.05) is 54.6 Å². The van der Waals surface area contributed by atoms with E-state index >= 15 is 0 Å². The Bertz CT molecular complexity index is 734. The van der Waals surface area contributed by atoms with Gasteiger partial charge >= 0.3 is 6.09 Å². The van der Waals surface area contributed by atoms with Gasteiger partial charge in [-0.2, -0.15) is 0 Å². The maximum Gasteiger partial charge on any atom is 0.410 e. The number of aliphatic hydroxyl groups excluding tert-OH is 1. The first kappa shape index (κ1) is 20.2. The molecule has 150 valence electrons. The molecule has 6 nitrogen and oxygen atoms in total. The monoisotopic (exact) mass is 385 g/mol. The van der Waals surface area contributed by atoms with Gasteiger partial charge in [-0.05, 0) is 36.1 Å². The van der Waals surface area contributed by atoms with Gasteiger partial charge in [0.25, 0.3) is 0 Å². The fourth-order valence-electron chi connectivity index (χ4n) is 3.38. The highest BCUT2D eigenvalue weighted by atomic mass is 16.6. The van der Waals surface area contributed by atoms with Crippen molar-refractivity contribution in [2.24, 2.45) is 0 Å². The summed E-state index contributed by atoms with van der Waals surface area (Å²) in [6.07, 6.45) is 0.765. The van der Waals surface area contributed by atoms with Crippen molar-refractivity contribution in [1.29, 1.82) is 0 Å². The van der Waals surface area contributed by atoms with E-state index in [4.69, 9.17) is 14.2 Å². The van der Waals surface area contributed by atoms with Gasteiger partial charge in [0, 0.05) is 12.6 Å². The SMILES string of the molecule is COc1ccc(CO[C@@H]2C[C@H](CCO)N(C(=O)OCc3ccccc3)C2)cc1. The minimum atomic E-state index is -0.363. The highest BCUT2D eigenvalue weighted by Crippen LogP contribution is 2.25. The smallest absolute Gasteiger partial charge is 0.410 e. The number of likely N-dealkylation sites (tertiary alicyclic amines) is 1. The zero-order valence-corrected chi connectivity index (χ0v) is 16.1. The van der Waals surface area contributed by atoms with Gasteiger partial charge in [0.05, 0.1) is 26.4 Å². The molecule has 0 spiro atoms. The van der Waals surface area contributed by atoms with Crippen molar-refractivity contribution < 1.29 is 24.1 Å². The summed E-state index contributed by atoms with van der Waals surface area (Å²) in [6.45, 7) is 1.19. The summed E-state index contributed by atoms with van der Waals surface area (Å²) in [6, 6.07) is 17.2. The van der Waals surface area contributed by atoms with Crippen LogP contribution in [-0.2, 0) is 22.7 Å². The number of aliphatic hydroxyl groups is 1. The molecule has 1 N–H and O–H groups in total. The average molecular weight is 385 g/mol. The molecule has 0 aromatic heterocycles. The van der Waals surface area contributed by atoms with Gasteiger partial charge in [-0.15, -0.1) is 0 Å². The maximum atomic E-state index is 12.5. The van der Waals surface area contributed by atoms with Crippen molar-refractivity contribution in [3.63, 3.8) is 0 Å².